The van der Waals surface area contributed by atoms with E-state index >= 15 is 0 Å². The van der Waals surface area contributed by atoms with Gasteiger partial charge >= 0.3 is 47.2 Å². The normalized spacial score (nSPS) is 1.00. The van der Waals surface area contributed by atoms with E-state index in [1.54, 1.807) is 0 Å². The third kappa shape index (κ3) is 9.24. The Hall–Kier alpha value is 3.77. The van der Waals surface area contributed by atoms with Crippen LogP contribution < -0.4 is 0 Å². The second-order valence-corrected chi connectivity index (χ2v) is 0. The minimum atomic E-state index is 0. The maximum absolute atomic E-state index is 8.31. The Morgan fingerprint density at radius 2 is 1.25 bits per heavy atom. The van der Waals surface area contributed by atoms with Crippen molar-refractivity contribution in [2.24, 2.45) is 0 Å². The molecule has 0 spiro atoms. The third-order valence-electron chi connectivity index (χ3n) is 0. The second kappa shape index (κ2) is 15.9. The second-order valence-electron chi connectivity index (χ2n) is 0. The van der Waals surface area contributed by atoms with Crippen molar-refractivity contribution in [3.8, 4) is 0 Å². The van der Waals surface area contributed by atoms with Crippen molar-refractivity contribution >= 4 is 0 Å². The van der Waals surface area contributed by atoms with Gasteiger partial charge in [-0.25, -0.2) is 0 Å². The van der Waals surface area contributed by atoms with E-state index in [0.29, 0.717) is 47.2 Å². The van der Waals surface area contributed by atoms with Gasteiger partial charge in [-0.1, -0.05) is 0 Å². The molecule has 25 valence electrons. The Morgan fingerprint density at radius 3 is 1.25 bits per heavy atom. The van der Waals surface area contributed by atoms with Crippen LogP contribution in [0, 0.1) is 85.8 Å². The van der Waals surface area contributed by atoms with Crippen LogP contribution in [0.15, 0.2) is 0 Å². The zero-order valence-electron chi connectivity index (χ0n) is 1.70. The van der Waals surface area contributed by atoms with E-state index in [1.165, 1.54) is 0 Å². The molecule has 0 bridgehead atoms. The zero-order valence-corrected chi connectivity index (χ0v) is 9.10. The average Bonchev–Trinajstić information content (AvgIpc) is 1.00. The van der Waals surface area contributed by atoms with Gasteiger partial charge in [0.2, 0.25) is 0 Å². The smallest absolute Gasteiger partial charge is 0 e. The summed E-state index contributed by atoms with van der Waals surface area (Å²) in [5, 5.41) is 0. The summed E-state index contributed by atoms with van der Waals surface area (Å²) in [7, 11) is 0. The fourth-order valence-corrected chi connectivity index (χ4v) is 0. The Labute approximate surface area is 115 Å². The van der Waals surface area contributed by atoms with Crippen molar-refractivity contribution in [2.45, 2.75) is 0 Å². The molecule has 0 atom stereocenters. The molecule has 0 unspecified atom stereocenters. The van der Waals surface area contributed by atoms with Crippen molar-refractivity contribution in [1.29, 1.82) is 0 Å². The molecule has 0 rings (SSSR count). The fourth-order valence-electron chi connectivity index (χ4n) is 0. The van der Waals surface area contributed by atoms with Gasteiger partial charge in [-0.3, -0.25) is 0 Å². The van der Waals surface area contributed by atoms with E-state index in [4.69, 9.17) is -0.0232 Å². The molecule has 1 nitrogen and oxygen atoms in total. The Balaban J connectivity index is -0.00000000500. The van der Waals surface area contributed by atoms with Gasteiger partial charge in [-0.15, -0.1) is 0 Å². The Morgan fingerprint density at radius 1 is 1.25 bits per heavy atom. The van der Waals surface area contributed by atoms with Crippen LogP contribution in [0.25, 0.3) is 0 Å². The summed E-state index contributed by atoms with van der Waals surface area (Å²) in [6, 6.07) is 0. The van der Waals surface area contributed by atoms with E-state index in [1.807, 2.05) is 0 Å². The molecule has 0 aromatic carbocycles. The molecule has 0 amide bonds. The minimum absolute atomic E-state index is 0. The summed E-state index contributed by atoms with van der Waals surface area (Å²) < 4.78 is 8.31. The summed E-state index contributed by atoms with van der Waals surface area (Å²) in [5.74, 6) is 0. The predicted molar refractivity (Wildman–Crippen MR) is 0.686 cm³/mol. The SMILES string of the molecule is [O]=[Eu].[Tb].[Y]. The van der Waals surface area contributed by atoms with Crippen molar-refractivity contribution in [1.82, 2.24) is 0 Å². The van der Waals surface area contributed by atoms with E-state index < -0.39 is 0 Å². The molecule has 0 saturated heterocycles. The van der Waals surface area contributed by atoms with E-state index in [9.17, 15) is 0 Å². The number of rotatable bonds is 0. The molecule has 0 aromatic rings. The van der Waals surface area contributed by atoms with Crippen LogP contribution in [0.1, 0.15) is 0 Å². The minimum Gasteiger partial charge on any atom is 0 e. The molecule has 0 aromatic heterocycles. The van der Waals surface area contributed by atoms with Crippen LogP contribution in [-0.4, -0.2) is 0 Å². The molecule has 0 fully saturated rings. The summed E-state index contributed by atoms with van der Waals surface area (Å²) in [6.07, 6.45) is 0. The van der Waals surface area contributed by atoms with Gasteiger partial charge in [0.1, 0.15) is 0 Å². The standard InChI is InChI=1S/Eu.O.Tb.Y. The predicted octanol–water partition coefficient (Wildman–Crippen LogP) is -0.121. The first-order chi connectivity index (χ1) is 1.00. The summed E-state index contributed by atoms with van der Waals surface area (Å²) >= 11 is 0.472. The molecule has 0 N–H and O–H groups in total. The van der Waals surface area contributed by atoms with Crippen LogP contribution in [0.3, 0.4) is 0 Å². The van der Waals surface area contributed by atoms with Gasteiger partial charge < -0.3 is 0 Å². The molecule has 0 aliphatic carbocycles. The molecule has 0 aliphatic heterocycles. The van der Waals surface area contributed by atoms with Crippen LogP contribution in [0.2, 0.25) is 0 Å². The molecule has 4 heavy (non-hydrogen) atoms. The average molecular weight is 416 g/mol. The Bertz CT molecular complexity index is 8.00. The van der Waals surface area contributed by atoms with Gasteiger partial charge in [0, 0.05) is 71.3 Å². The van der Waals surface area contributed by atoms with Gasteiger partial charge in [0.25, 0.3) is 0 Å². The summed E-state index contributed by atoms with van der Waals surface area (Å²) in [4.78, 5) is 0. The molecule has 2 radical (unpaired) electrons. The van der Waals surface area contributed by atoms with Crippen molar-refractivity contribution in [3.05, 3.63) is 0 Å². The van der Waals surface area contributed by atoms with Crippen molar-refractivity contribution < 1.29 is 118 Å². The topological polar surface area (TPSA) is 17.1 Å². The van der Waals surface area contributed by atoms with Gasteiger partial charge in [0.05, 0.1) is 0 Å². The summed E-state index contributed by atoms with van der Waals surface area (Å²) in [6.45, 7) is 0. The van der Waals surface area contributed by atoms with Crippen molar-refractivity contribution in [3.63, 3.8) is 0 Å². The van der Waals surface area contributed by atoms with Crippen LogP contribution in [-0.2, 0) is 32.7 Å². The molecule has 0 heterocycles. The number of hydrogen-bond donors (Lipinski definition) is 0. The number of hydrogen-bond acceptors (Lipinski definition) is 1. The van der Waals surface area contributed by atoms with E-state index in [0.717, 1.165) is 0 Å². The largest absolute Gasteiger partial charge is 0 e. The maximum atomic E-state index is 8.31. The molecule has 0 saturated carbocycles. The van der Waals surface area contributed by atoms with Gasteiger partial charge in [-0.2, -0.15) is 0 Å². The molecular weight excluding hydrogens is 416 g/mol. The first kappa shape index (κ1) is 15.7. The van der Waals surface area contributed by atoms with Crippen LogP contribution in [0.4, 0.5) is 0 Å². The fraction of sp³-hybridized carbons (Fsp3) is 0. The maximum Gasteiger partial charge on any atom is 0 e. The Kier molecular flexibility index (Phi) is 62.0. The van der Waals surface area contributed by atoms with E-state index in [-0.39, 0.29) is 71.3 Å². The molecule has 4 heteroatoms. The molecule has 0 aliphatic rings. The first-order valence-electron chi connectivity index (χ1n) is 0.154. The summed E-state index contributed by atoms with van der Waals surface area (Å²) in [5.41, 5.74) is 0. The van der Waals surface area contributed by atoms with Gasteiger partial charge in [0.15, 0.2) is 0 Å². The van der Waals surface area contributed by atoms with E-state index in [2.05, 4.69) is 0 Å². The third-order valence-corrected chi connectivity index (χ3v) is 0. The van der Waals surface area contributed by atoms with Crippen LogP contribution >= 0.6 is 0 Å². The zero-order chi connectivity index (χ0) is 2.00. The molecular formula is EuOTbY. The van der Waals surface area contributed by atoms with Crippen molar-refractivity contribution in [2.75, 3.05) is 0 Å². The first-order valence-corrected chi connectivity index (χ1v) is 1.14. The monoisotopic (exact) mass is 417 g/mol. The van der Waals surface area contributed by atoms with Crippen LogP contribution in [0.5, 0.6) is 0 Å². The van der Waals surface area contributed by atoms with Gasteiger partial charge in [-0.05, 0) is 0 Å². The quantitative estimate of drug-likeness (QED) is 0.539.